The summed E-state index contributed by atoms with van der Waals surface area (Å²) in [7, 11) is 3.54. The first-order chi connectivity index (χ1) is 11.9. The van der Waals surface area contributed by atoms with Crippen LogP contribution in [0.15, 0.2) is 42.5 Å². The zero-order chi connectivity index (χ0) is 18.4. The first kappa shape index (κ1) is 18.4. The summed E-state index contributed by atoms with van der Waals surface area (Å²) in [5, 5.41) is 13.6. The molecule has 0 saturated heterocycles. The summed E-state index contributed by atoms with van der Waals surface area (Å²) in [4.78, 5) is 23.6. The Kier molecular flexibility index (Phi) is 6.08. The number of carbonyl (C=O) groups excluding carboxylic acids is 1. The average Bonchev–Trinajstić information content (AvgIpc) is 2.57. The third-order valence-corrected chi connectivity index (χ3v) is 3.83. The van der Waals surface area contributed by atoms with E-state index in [9.17, 15) is 14.9 Å². The monoisotopic (exact) mass is 344 g/mol. The van der Waals surface area contributed by atoms with E-state index in [1.54, 1.807) is 20.1 Å². The topological polar surface area (TPSA) is 85.9 Å². The van der Waals surface area contributed by atoms with Gasteiger partial charge in [-0.1, -0.05) is 6.07 Å². The van der Waals surface area contributed by atoms with Crippen LogP contribution >= 0.6 is 0 Å². The predicted molar refractivity (Wildman–Crippen MR) is 94.9 cm³/mol. The maximum atomic E-state index is 12.2. The van der Waals surface area contributed by atoms with Crippen molar-refractivity contribution >= 4 is 17.3 Å². The zero-order valence-corrected chi connectivity index (χ0v) is 14.5. The Bertz CT molecular complexity index is 759. The van der Waals surface area contributed by atoms with Gasteiger partial charge in [-0.15, -0.1) is 0 Å². The average molecular weight is 344 g/mol. The lowest BCUT2D eigenvalue weighted by atomic mass is 10.2. The Labute approximate surface area is 146 Å². The number of non-ortho nitro benzene ring substituents is 1. The second-order valence-corrected chi connectivity index (χ2v) is 5.96. The van der Waals surface area contributed by atoms with Crippen molar-refractivity contribution in [1.82, 2.24) is 0 Å². The molecule has 0 aromatic heterocycles. The minimum atomic E-state index is -0.476. The van der Waals surface area contributed by atoms with Gasteiger partial charge in [0.2, 0.25) is 0 Å². The molecule has 0 aliphatic carbocycles. The van der Waals surface area contributed by atoms with Crippen LogP contribution in [0.5, 0.6) is 5.75 Å². The predicted octanol–water partition coefficient (Wildman–Crippen LogP) is 1.57. The molecule has 2 aromatic carbocycles. The second-order valence-electron chi connectivity index (χ2n) is 5.96. The van der Waals surface area contributed by atoms with E-state index < -0.39 is 4.92 Å². The normalized spacial score (nSPS) is 11.6. The summed E-state index contributed by atoms with van der Waals surface area (Å²) in [5.74, 6) is 0.606. The van der Waals surface area contributed by atoms with Gasteiger partial charge in [0, 0.05) is 17.7 Å². The molecule has 0 heterocycles. The highest BCUT2D eigenvalue weighted by Crippen LogP contribution is 2.21. The Morgan fingerprint density at radius 2 is 1.92 bits per heavy atom. The molecule has 0 radical (unpaired) electrons. The minimum absolute atomic E-state index is 0.0418. The second kappa shape index (κ2) is 8.25. The Balaban J connectivity index is 1.95. The number of likely N-dealkylation sites (N-methyl/N-ethyl adjacent to an activating group) is 1. The van der Waals surface area contributed by atoms with Crippen molar-refractivity contribution in [3.8, 4) is 5.75 Å². The van der Waals surface area contributed by atoms with Crippen LogP contribution < -0.4 is 15.0 Å². The molecule has 0 spiro atoms. The number of nitrogens with one attached hydrogen (secondary N) is 2. The fourth-order valence-corrected chi connectivity index (χ4v) is 2.48. The summed E-state index contributed by atoms with van der Waals surface area (Å²) >= 11 is 0. The molecule has 2 N–H and O–H groups in total. The number of hydrogen-bond acceptors (Lipinski definition) is 4. The highest BCUT2D eigenvalue weighted by atomic mass is 16.6. The lowest BCUT2D eigenvalue weighted by Gasteiger charge is -2.15. The quantitative estimate of drug-likeness (QED) is 0.590. The molecule has 0 fully saturated rings. The van der Waals surface area contributed by atoms with Gasteiger partial charge < -0.3 is 15.0 Å². The molecule has 132 valence electrons. The number of benzene rings is 2. The number of ether oxygens (including phenoxy) is 1. The molecule has 1 unspecified atom stereocenters. The number of quaternary nitrogens is 1. The lowest BCUT2D eigenvalue weighted by Crippen LogP contribution is -3.08. The smallest absolute Gasteiger partial charge is 0.279 e. The van der Waals surface area contributed by atoms with Gasteiger partial charge in [-0.05, 0) is 36.8 Å². The van der Waals surface area contributed by atoms with E-state index in [1.807, 2.05) is 31.3 Å². The summed E-state index contributed by atoms with van der Waals surface area (Å²) in [6.45, 7) is 2.74. The van der Waals surface area contributed by atoms with Gasteiger partial charge in [-0.3, -0.25) is 14.9 Å². The molecule has 2 aromatic rings. The zero-order valence-electron chi connectivity index (χ0n) is 14.5. The van der Waals surface area contributed by atoms with E-state index in [0.29, 0.717) is 12.2 Å². The molecule has 2 rings (SSSR count). The summed E-state index contributed by atoms with van der Waals surface area (Å²) in [6.07, 6.45) is 0. The first-order valence-electron chi connectivity index (χ1n) is 7.88. The maximum absolute atomic E-state index is 12.2. The minimum Gasteiger partial charge on any atom is -0.497 e. The fraction of sp³-hybridized carbons (Fsp3) is 0.278. The molecule has 25 heavy (non-hydrogen) atoms. The van der Waals surface area contributed by atoms with Gasteiger partial charge in [-0.25, -0.2) is 0 Å². The number of nitrogens with zero attached hydrogens (tertiary/aromatic N) is 1. The number of carbonyl (C=O) groups is 1. The van der Waals surface area contributed by atoms with Crippen LogP contribution in [0.4, 0.5) is 11.4 Å². The van der Waals surface area contributed by atoms with E-state index in [1.165, 1.54) is 12.1 Å². The van der Waals surface area contributed by atoms with Gasteiger partial charge in [-0.2, -0.15) is 0 Å². The molecule has 7 heteroatoms. The van der Waals surface area contributed by atoms with Gasteiger partial charge in [0.05, 0.1) is 24.8 Å². The summed E-state index contributed by atoms with van der Waals surface area (Å²) in [6, 6.07) is 12.1. The maximum Gasteiger partial charge on any atom is 0.279 e. The van der Waals surface area contributed by atoms with Gasteiger partial charge in [0.1, 0.15) is 12.3 Å². The van der Waals surface area contributed by atoms with E-state index in [0.717, 1.165) is 21.8 Å². The summed E-state index contributed by atoms with van der Waals surface area (Å²) < 4.78 is 5.12. The highest BCUT2D eigenvalue weighted by molar-refractivity contribution is 5.92. The largest absolute Gasteiger partial charge is 0.497 e. The van der Waals surface area contributed by atoms with Crippen LogP contribution in [0.25, 0.3) is 0 Å². The molecule has 7 nitrogen and oxygen atoms in total. The number of nitro groups is 1. The number of nitro benzene ring substituents is 1. The molecule has 1 amide bonds. The van der Waals surface area contributed by atoms with E-state index >= 15 is 0 Å². The first-order valence-corrected chi connectivity index (χ1v) is 7.88. The van der Waals surface area contributed by atoms with Gasteiger partial charge in [0.25, 0.3) is 11.6 Å². The van der Waals surface area contributed by atoms with Crippen molar-refractivity contribution in [2.24, 2.45) is 0 Å². The Hall–Kier alpha value is -2.93. The van der Waals surface area contributed by atoms with Crippen molar-refractivity contribution in [3.05, 3.63) is 63.7 Å². The number of anilines is 1. The van der Waals surface area contributed by atoms with Gasteiger partial charge >= 0.3 is 0 Å². The molecular weight excluding hydrogens is 322 g/mol. The van der Waals surface area contributed by atoms with Crippen LogP contribution in [-0.2, 0) is 11.3 Å². The molecule has 0 saturated carbocycles. The molecule has 1 atom stereocenters. The Morgan fingerprint density at radius 1 is 1.24 bits per heavy atom. The van der Waals surface area contributed by atoms with E-state index in [-0.39, 0.29) is 18.1 Å². The molecule has 0 aliphatic rings. The van der Waals surface area contributed by atoms with Gasteiger partial charge in [0.15, 0.2) is 6.54 Å². The number of hydrogen-bond donors (Lipinski definition) is 2. The third kappa shape index (κ3) is 5.29. The number of aryl methyl sites for hydroxylation is 1. The Morgan fingerprint density at radius 3 is 2.52 bits per heavy atom. The summed E-state index contributed by atoms with van der Waals surface area (Å²) in [5.41, 5.74) is 2.31. The van der Waals surface area contributed by atoms with Crippen molar-refractivity contribution in [1.29, 1.82) is 0 Å². The number of amides is 1. The third-order valence-electron chi connectivity index (χ3n) is 3.83. The van der Waals surface area contributed by atoms with Crippen molar-refractivity contribution in [3.63, 3.8) is 0 Å². The fourth-order valence-electron chi connectivity index (χ4n) is 2.48. The molecule has 0 bridgehead atoms. The van der Waals surface area contributed by atoms with Crippen molar-refractivity contribution in [2.45, 2.75) is 13.5 Å². The molecular formula is C18H22N3O4+. The number of methoxy groups -OCH3 is 1. The van der Waals surface area contributed by atoms with Crippen molar-refractivity contribution in [2.75, 3.05) is 26.0 Å². The van der Waals surface area contributed by atoms with Crippen LogP contribution in [0.3, 0.4) is 0 Å². The highest BCUT2D eigenvalue weighted by Gasteiger charge is 2.14. The van der Waals surface area contributed by atoms with Crippen LogP contribution in [-0.4, -0.2) is 31.5 Å². The van der Waals surface area contributed by atoms with E-state index in [4.69, 9.17) is 4.74 Å². The molecule has 0 aliphatic heterocycles. The number of rotatable bonds is 7. The van der Waals surface area contributed by atoms with Crippen molar-refractivity contribution < 1.29 is 19.4 Å². The van der Waals surface area contributed by atoms with E-state index in [2.05, 4.69) is 5.32 Å². The van der Waals surface area contributed by atoms with Crippen LogP contribution in [0, 0.1) is 17.0 Å². The lowest BCUT2D eigenvalue weighted by molar-refractivity contribution is -0.885. The standard InChI is InChI=1S/C18H21N3O4/c1-13-4-7-15(21(23)24)10-17(13)19-18(22)12-20(2)11-14-5-8-16(25-3)9-6-14/h4-10H,11-12H2,1-3H3,(H,19,22)/p+1. The van der Waals surface area contributed by atoms with Crippen LogP contribution in [0.2, 0.25) is 0 Å². The van der Waals surface area contributed by atoms with Crippen LogP contribution in [0.1, 0.15) is 11.1 Å². The SMILES string of the molecule is COc1ccc(C[NH+](C)CC(=O)Nc2cc([N+](=O)[O-])ccc2C)cc1.